The van der Waals surface area contributed by atoms with Crippen LogP contribution in [0.4, 0.5) is 0 Å². The van der Waals surface area contributed by atoms with Gasteiger partial charge in [0.2, 0.25) is 5.96 Å². The molecule has 0 fully saturated rings. The first-order valence-corrected chi connectivity index (χ1v) is 3.67. The van der Waals surface area contributed by atoms with Crippen molar-refractivity contribution in [1.29, 1.82) is 5.41 Å². The van der Waals surface area contributed by atoms with Crippen LogP contribution in [0.5, 0.6) is 0 Å². The van der Waals surface area contributed by atoms with Gasteiger partial charge in [-0.1, -0.05) is 0 Å². The van der Waals surface area contributed by atoms with Crippen molar-refractivity contribution in [1.82, 2.24) is 9.78 Å². The second-order valence-corrected chi connectivity index (χ2v) is 2.68. The zero-order chi connectivity index (χ0) is 8.43. The largest absolute Gasteiger partial charge is 0.768 e. The molecule has 7 heteroatoms. The van der Waals surface area contributed by atoms with Crippen LogP contribution >= 0.6 is 0 Å². The summed E-state index contributed by atoms with van der Waals surface area (Å²) in [6.45, 7) is 0. The summed E-state index contributed by atoms with van der Waals surface area (Å²) >= 11 is -2.31. The second kappa shape index (κ2) is 2.81. The molecule has 0 amide bonds. The molecule has 6 nitrogen and oxygen atoms in total. The molecule has 0 spiro atoms. The van der Waals surface area contributed by atoms with E-state index in [0.717, 1.165) is 17.1 Å². The summed E-state index contributed by atoms with van der Waals surface area (Å²) in [4.78, 5) is 0.0141. The van der Waals surface area contributed by atoms with Gasteiger partial charge in [-0.05, 0) is 11.1 Å². The van der Waals surface area contributed by atoms with Crippen molar-refractivity contribution in [2.45, 2.75) is 4.90 Å². The third-order valence-corrected chi connectivity index (χ3v) is 1.59. The number of nitrogen functional groups attached to an aromatic ring is 1. The predicted octanol–water partition coefficient (Wildman–Crippen LogP) is -1.14. The highest BCUT2D eigenvalue weighted by Crippen LogP contribution is 2.00. The van der Waals surface area contributed by atoms with Crippen LogP contribution in [0.25, 0.3) is 0 Å². The van der Waals surface area contributed by atoms with E-state index in [4.69, 9.17) is 11.1 Å². The van der Waals surface area contributed by atoms with E-state index in [1.807, 2.05) is 0 Å². The predicted molar refractivity (Wildman–Crippen MR) is 36.7 cm³/mol. The van der Waals surface area contributed by atoms with Crippen molar-refractivity contribution in [2.24, 2.45) is 5.73 Å². The van der Waals surface area contributed by atoms with Crippen LogP contribution in [0.15, 0.2) is 17.3 Å². The van der Waals surface area contributed by atoms with Crippen LogP contribution in [0.1, 0.15) is 0 Å². The first-order chi connectivity index (χ1) is 5.11. The zero-order valence-electron chi connectivity index (χ0n) is 5.35. The molecule has 1 aromatic rings. The average molecular weight is 173 g/mol. The van der Waals surface area contributed by atoms with E-state index in [9.17, 15) is 8.76 Å². The standard InChI is InChI=1S/C4H6N4O2S/c5-4(6)8-2-3(1-7-8)11(9)10/h1-2H,(H3,5,6)(H,9,10)/p-1. The number of nitrogens with one attached hydrogen (secondary N) is 1. The van der Waals surface area contributed by atoms with Gasteiger partial charge in [0, 0.05) is 6.20 Å². The van der Waals surface area contributed by atoms with E-state index >= 15 is 0 Å². The molecule has 0 aliphatic heterocycles. The molecule has 0 bridgehead atoms. The maximum absolute atomic E-state index is 10.3. The Morgan fingerprint density at radius 2 is 2.55 bits per heavy atom. The average Bonchev–Trinajstić information content (AvgIpc) is 2.33. The summed E-state index contributed by atoms with van der Waals surface area (Å²) in [5.41, 5.74) is 5.01. The summed E-state index contributed by atoms with van der Waals surface area (Å²) in [6, 6.07) is 0. The maximum Gasteiger partial charge on any atom is 0.213 e. The number of rotatable bonds is 1. The Labute approximate surface area is 64.8 Å². The fourth-order valence-corrected chi connectivity index (χ4v) is 0.843. The fourth-order valence-electron chi connectivity index (χ4n) is 0.524. The third-order valence-electron chi connectivity index (χ3n) is 0.998. The normalized spacial score (nSPS) is 12.8. The first kappa shape index (κ1) is 7.89. The van der Waals surface area contributed by atoms with Crippen LogP contribution in [0.3, 0.4) is 0 Å². The summed E-state index contributed by atoms with van der Waals surface area (Å²) in [6.07, 6.45) is 2.27. The van der Waals surface area contributed by atoms with E-state index < -0.39 is 11.1 Å². The van der Waals surface area contributed by atoms with Crippen LogP contribution in [-0.2, 0) is 11.1 Å². The number of nitrogens with two attached hydrogens (primary N) is 1. The zero-order valence-corrected chi connectivity index (χ0v) is 6.17. The molecular weight excluding hydrogens is 168 g/mol. The van der Waals surface area contributed by atoms with Crippen molar-refractivity contribution < 1.29 is 8.76 Å². The molecule has 0 radical (unpaired) electrons. The molecule has 0 aromatic carbocycles. The van der Waals surface area contributed by atoms with E-state index in [2.05, 4.69) is 5.10 Å². The maximum atomic E-state index is 10.3. The van der Waals surface area contributed by atoms with Gasteiger partial charge in [0.25, 0.3) is 0 Å². The van der Waals surface area contributed by atoms with Crippen molar-refractivity contribution >= 4 is 17.0 Å². The molecule has 0 saturated carbocycles. The number of nitrogens with zero attached hydrogens (tertiary/aromatic N) is 2. The molecule has 60 valence electrons. The Morgan fingerprint density at radius 1 is 1.91 bits per heavy atom. The van der Waals surface area contributed by atoms with Gasteiger partial charge in [-0.2, -0.15) is 5.10 Å². The number of hydrogen-bond donors (Lipinski definition) is 2. The van der Waals surface area contributed by atoms with Gasteiger partial charge in [0.1, 0.15) is 0 Å². The lowest BCUT2D eigenvalue weighted by atomic mass is 10.7. The Hall–Kier alpha value is -1.21. The minimum absolute atomic E-state index is 0.0141. The van der Waals surface area contributed by atoms with Gasteiger partial charge >= 0.3 is 0 Å². The summed E-state index contributed by atoms with van der Waals surface area (Å²) in [7, 11) is 0. The summed E-state index contributed by atoms with van der Waals surface area (Å²) < 4.78 is 21.5. The van der Waals surface area contributed by atoms with Crippen LogP contribution < -0.4 is 5.73 Å². The van der Waals surface area contributed by atoms with Crippen molar-refractivity contribution in [3.05, 3.63) is 12.4 Å². The van der Waals surface area contributed by atoms with Crippen LogP contribution in [0, 0.1) is 5.41 Å². The van der Waals surface area contributed by atoms with Crippen molar-refractivity contribution in [3.63, 3.8) is 0 Å². The highest BCUT2D eigenvalue weighted by Gasteiger charge is 1.98. The van der Waals surface area contributed by atoms with Gasteiger partial charge < -0.3 is 10.3 Å². The van der Waals surface area contributed by atoms with Gasteiger partial charge in [-0.3, -0.25) is 9.62 Å². The van der Waals surface area contributed by atoms with E-state index in [1.165, 1.54) is 0 Å². The molecule has 1 rings (SSSR count). The van der Waals surface area contributed by atoms with Gasteiger partial charge in [-0.25, -0.2) is 4.68 Å². The smallest absolute Gasteiger partial charge is 0.213 e. The van der Waals surface area contributed by atoms with Crippen LogP contribution in [-0.4, -0.2) is 24.5 Å². The molecule has 1 atom stereocenters. The topological polar surface area (TPSA) is 108 Å². The Morgan fingerprint density at radius 3 is 2.82 bits per heavy atom. The molecule has 1 aromatic heterocycles. The van der Waals surface area contributed by atoms with E-state index in [-0.39, 0.29) is 10.9 Å². The molecule has 11 heavy (non-hydrogen) atoms. The van der Waals surface area contributed by atoms with Gasteiger partial charge in [0.15, 0.2) is 0 Å². The molecule has 1 heterocycles. The molecule has 3 N–H and O–H groups in total. The lowest BCUT2D eigenvalue weighted by Gasteiger charge is -1.97. The number of aromatic nitrogens is 2. The molecule has 0 aliphatic carbocycles. The third kappa shape index (κ3) is 1.63. The molecule has 0 aliphatic rings. The first-order valence-electron chi connectivity index (χ1n) is 2.59. The van der Waals surface area contributed by atoms with Crippen molar-refractivity contribution in [3.8, 4) is 0 Å². The summed E-state index contributed by atoms with van der Waals surface area (Å²) in [5.74, 6) is -0.318. The number of hydrogen-bond acceptors (Lipinski definition) is 4. The lowest BCUT2D eigenvalue weighted by molar-refractivity contribution is 0.537. The van der Waals surface area contributed by atoms with Gasteiger partial charge in [-0.15, -0.1) is 0 Å². The van der Waals surface area contributed by atoms with E-state index in [1.54, 1.807) is 0 Å². The quantitative estimate of drug-likeness (QED) is 0.318. The summed E-state index contributed by atoms with van der Waals surface area (Å²) in [5, 5.41) is 10.4. The minimum Gasteiger partial charge on any atom is -0.768 e. The Balaban J connectivity index is 2.99. The molecular formula is C4H5N4O2S-. The fraction of sp³-hybridized carbons (Fsp3) is 0. The highest BCUT2D eigenvalue weighted by atomic mass is 32.2. The SMILES string of the molecule is N=C(N)n1cc(S(=O)[O-])cn1. The Kier molecular flexibility index (Phi) is 2.01. The lowest BCUT2D eigenvalue weighted by Crippen LogP contribution is -2.20. The highest BCUT2D eigenvalue weighted by molar-refractivity contribution is 7.79. The van der Waals surface area contributed by atoms with Crippen LogP contribution in [0.2, 0.25) is 0 Å². The molecule has 0 saturated heterocycles. The van der Waals surface area contributed by atoms with E-state index in [0.29, 0.717) is 0 Å². The van der Waals surface area contributed by atoms with Gasteiger partial charge in [0.05, 0.1) is 11.1 Å². The van der Waals surface area contributed by atoms with Crippen molar-refractivity contribution in [2.75, 3.05) is 0 Å². The Bertz CT molecular complexity index is 278. The molecule has 1 unspecified atom stereocenters. The monoisotopic (exact) mass is 173 g/mol. The minimum atomic E-state index is -2.31. The second-order valence-electron chi connectivity index (χ2n) is 1.74.